The Morgan fingerprint density at radius 2 is 1.96 bits per heavy atom. The minimum Gasteiger partial charge on any atom is -0.472 e. The first-order valence-corrected chi connectivity index (χ1v) is 8.59. The monoisotopic (exact) mass is 326 g/mol. The largest absolute Gasteiger partial charge is 0.472 e. The number of nitrogens with one attached hydrogen (secondary N) is 1. The van der Waals surface area contributed by atoms with Crippen LogP contribution in [0, 0.1) is 17.2 Å². The number of nitrogens with zero attached hydrogens (tertiary/aromatic N) is 3. The number of hydrogen-bond donors (Lipinski definition) is 1. The lowest BCUT2D eigenvalue weighted by Gasteiger charge is -2.30. The topological polar surface area (TPSA) is 87.9 Å². The third-order valence-corrected chi connectivity index (χ3v) is 4.71. The van der Waals surface area contributed by atoms with E-state index in [1.807, 2.05) is 6.07 Å². The van der Waals surface area contributed by atoms with E-state index in [-0.39, 0.29) is 29.7 Å². The van der Waals surface area contributed by atoms with Gasteiger partial charge in [-0.3, -0.25) is 4.79 Å². The van der Waals surface area contributed by atoms with Crippen LogP contribution in [-0.2, 0) is 4.79 Å². The fourth-order valence-electron chi connectivity index (χ4n) is 3.32. The van der Waals surface area contributed by atoms with E-state index in [1.165, 1.54) is 12.4 Å². The van der Waals surface area contributed by atoms with E-state index in [4.69, 9.17) is 10.00 Å². The minimum atomic E-state index is 0.0274. The van der Waals surface area contributed by atoms with E-state index in [0.29, 0.717) is 5.88 Å². The number of amides is 1. The zero-order valence-corrected chi connectivity index (χ0v) is 13.6. The summed E-state index contributed by atoms with van der Waals surface area (Å²) < 4.78 is 5.83. The number of aromatic nitrogens is 2. The van der Waals surface area contributed by atoms with Gasteiger partial charge in [-0.25, -0.2) is 9.97 Å². The van der Waals surface area contributed by atoms with Gasteiger partial charge in [-0.05, 0) is 44.9 Å². The second-order valence-electron chi connectivity index (χ2n) is 6.40. The Morgan fingerprint density at radius 1 is 1.17 bits per heavy atom. The lowest BCUT2D eigenvalue weighted by molar-refractivity contribution is -0.126. The fourth-order valence-corrected chi connectivity index (χ4v) is 3.32. The van der Waals surface area contributed by atoms with E-state index in [2.05, 4.69) is 27.4 Å². The first-order chi connectivity index (χ1) is 11.8. The van der Waals surface area contributed by atoms with E-state index in [0.717, 1.165) is 44.9 Å². The summed E-state index contributed by atoms with van der Waals surface area (Å²) in [5.41, 5.74) is 0.221. The predicted octanol–water partition coefficient (Wildman–Crippen LogP) is 2.51. The van der Waals surface area contributed by atoms with Gasteiger partial charge >= 0.3 is 0 Å². The van der Waals surface area contributed by atoms with Crippen LogP contribution in [0.4, 0.5) is 0 Å². The van der Waals surface area contributed by atoms with Crippen LogP contribution in [0.25, 0.3) is 0 Å². The van der Waals surface area contributed by atoms with Gasteiger partial charge in [-0.2, -0.15) is 5.26 Å². The molecule has 6 heteroatoms. The molecule has 1 heterocycles. The zero-order valence-electron chi connectivity index (χ0n) is 13.6. The van der Waals surface area contributed by atoms with Crippen molar-refractivity contribution >= 4 is 5.91 Å². The van der Waals surface area contributed by atoms with Crippen molar-refractivity contribution in [2.45, 2.75) is 57.1 Å². The molecule has 0 radical (unpaired) electrons. The van der Waals surface area contributed by atoms with Gasteiger partial charge in [0.05, 0.1) is 0 Å². The predicted molar refractivity (Wildman–Crippen MR) is 88.0 cm³/mol. The molecule has 2 aliphatic carbocycles. The third kappa shape index (κ3) is 4.10. The summed E-state index contributed by atoms with van der Waals surface area (Å²) in [4.78, 5) is 20.3. The van der Waals surface area contributed by atoms with E-state index in [1.54, 1.807) is 0 Å². The zero-order chi connectivity index (χ0) is 16.8. The molecule has 1 aromatic heterocycles. The molecule has 0 bridgehead atoms. The molecular formula is C18H22N4O2. The highest BCUT2D eigenvalue weighted by Crippen LogP contribution is 2.25. The first kappa shape index (κ1) is 16.4. The number of allylic oxidation sites excluding steroid dienone is 2. The Morgan fingerprint density at radius 3 is 2.67 bits per heavy atom. The van der Waals surface area contributed by atoms with Gasteiger partial charge in [-0.15, -0.1) is 0 Å². The standard InChI is InChI=1S/C18H22N4O2/c19-12-16-18(21-11-10-20-16)24-15-8-6-14(7-9-15)22-17(23)13-4-2-1-3-5-13/h1-2,10-11,13-15H,3-9H2,(H,22,23)/t13-,14?,15?/m0/s1. The number of nitriles is 1. The molecule has 3 rings (SSSR count). The molecule has 6 nitrogen and oxygen atoms in total. The smallest absolute Gasteiger partial charge is 0.251 e. The highest BCUT2D eigenvalue weighted by atomic mass is 16.5. The van der Waals surface area contributed by atoms with Gasteiger partial charge in [0.1, 0.15) is 12.2 Å². The van der Waals surface area contributed by atoms with Gasteiger partial charge in [0.25, 0.3) is 5.88 Å². The Bertz CT molecular complexity index is 645. The average molecular weight is 326 g/mol. The van der Waals surface area contributed by atoms with Gasteiger partial charge in [0.15, 0.2) is 0 Å². The fraction of sp³-hybridized carbons (Fsp3) is 0.556. The number of carbonyl (C=O) groups excluding carboxylic acids is 1. The van der Waals surface area contributed by atoms with Gasteiger partial charge in [0.2, 0.25) is 11.6 Å². The molecule has 1 N–H and O–H groups in total. The summed E-state index contributed by atoms with van der Waals surface area (Å²) in [6, 6.07) is 2.22. The minimum absolute atomic E-state index is 0.0274. The summed E-state index contributed by atoms with van der Waals surface area (Å²) >= 11 is 0. The molecule has 24 heavy (non-hydrogen) atoms. The van der Waals surface area contributed by atoms with Crippen LogP contribution in [0.2, 0.25) is 0 Å². The summed E-state index contributed by atoms with van der Waals surface area (Å²) in [5, 5.41) is 12.2. The third-order valence-electron chi connectivity index (χ3n) is 4.71. The second kappa shape index (κ2) is 7.91. The molecule has 1 aromatic rings. The number of hydrogen-bond acceptors (Lipinski definition) is 5. The molecule has 1 fully saturated rings. The Kier molecular flexibility index (Phi) is 5.42. The number of rotatable bonds is 4. The normalized spacial score (nSPS) is 26.4. The lowest BCUT2D eigenvalue weighted by Crippen LogP contribution is -2.42. The van der Waals surface area contributed by atoms with E-state index in [9.17, 15) is 4.79 Å². The van der Waals surface area contributed by atoms with Crippen LogP contribution in [0.1, 0.15) is 50.6 Å². The average Bonchev–Trinajstić information content (AvgIpc) is 2.64. The SMILES string of the molecule is N#Cc1nccnc1OC1CCC(NC(=O)[C@H]2CC=CCC2)CC1. The molecule has 1 saturated carbocycles. The van der Waals surface area contributed by atoms with Gasteiger partial charge in [-0.1, -0.05) is 12.2 Å². The van der Waals surface area contributed by atoms with Crippen LogP contribution < -0.4 is 10.1 Å². The quantitative estimate of drug-likeness (QED) is 0.859. The van der Waals surface area contributed by atoms with Crippen LogP contribution in [0.5, 0.6) is 5.88 Å². The van der Waals surface area contributed by atoms with E-state index < -0.39 is 0 Å². The van der Waals surface area contributed by atoms with Crippen LogP contribution in [-0.4, -0.2) is 28.0 Å². The molecular weight excluding hydrogens is 304 g/mol. The lowest BCUT2D eigenvalue weighted by atomic mass is 9.90. The Balaban J connectivity index is 1.46. The molecule has 0 aromatic carbocycles. The van der Waals surface area contributed by atoms with Crippen LogP contribution in [0.3, 0.4) is 0 Å². The Labute approximate surface area is 141 Å². The van der Waals surface area contributed by atoms with Crippen molar-refractivity contribution in [3.8, 4) is 11.9 Å². The van der Waals surface area contributed by atoms with Crippen molar-refractivity contribution < 1.29 is 9.53 Å². The first-order valence-electron chi connectivity index (χ1n) is 8.59. The van der Waals surface area contributed by atoms with Crippen molar-refractivity contribution in [2.75, 3.05) is 0 Å². The molecule has 0 spiro atoms. The van der Waals surface area contributed by atoms with Gasteiger partial charge < -0.3 is 10.1 Å². The highest BCUT2D eigenvalue weighted by Gasteiger charge is 2.27. The molecule has 0 saturated heterocycles. The van der Waals surface area contributed by atoms with E-state index >= 15 is 0 Å². The van der Waals surface area contributed by atoms with Crippen LogP contribution in [0.15, 0.2) is 24.5 Å². The molecule has 2 aliphatic rings. The van der Waals surface area contributed by atoms with Crippen molar-refractivity contribution in [3.63, 3.8) is 0 Å². The molecule has 1 amide bonds. The van der Waals surface area contributed by atoms with Crippen LogP contribution >= 0.6 is 0 Å². The van der Waals surface area contributed by atoms with Crippen molar-refractivity contribution in [2.24, 2.45) is 5.92 Å². The molecule has 1 atom stereocenters. The molecule has 0 aliphatic heterocycles. The molecule has 126 valence electrons. The van der Waals surface area contributed by atoms with Crippen molar-refractivity contribution in [1.29, 1.82) is 5.26 Å². The van der Waals surface area contributed by atoms with Crippen molar-refractivity contribution in [1.82, 2.24) is 15.3 Å². The summed E-state index contributed by atoms with van der Waals surface area (Å²) in [6.07, 6.45) is 13.6. The highest BCUT2D eigenvalue weighted by molar-refractivity contribution is 5.79. The summed E-state index contributed by atoms with van der Waals surface area (Å²) in [7, 11) is 0. The maximum Gasteiger partial charge on any atom is 0.251 e. The van der Waals surface area contributed by atoms with Crippen molar-refractivity contribution in [3.05, 3.63) is 30.2 Å². The summed E-state index contributed by atoms with van der Waals surface area (Å²) in [6.45, 7) is 0. The number of carbonyl (C=O) groups is 1. The molecule has 0 unspecified atom stereocenters. The Hall–Kier alpha value is -2.42. The van der Waals surface area contributed by atoms with Gasteiger partial charge in [0, 0.05) is 24.4 Å². The summed E-state index contributed by atoms with van der Waals surface area (Å²) in [5.74, 6) is 0.618. The maximum absolute atomic E-state index is 12.3. The second-order valence-corrected chi connectivity index (χ2v) is 6.40. The number of ether oxygens (including phenoxy) is 1. The maximum atomic E-state index is 12.3.